The number of aliphatic imine (C=N–C) groups is 1. The Morgan fingerprint density at radius 3 is 2.41 bits per heavy atom. The number of rotatable bonds is 9. The number of methoxy groups -OCH3 is 2. The van der Waals surface area contributed by atoms with Crippen LogP contribution >= 0.6 is 0 Å². The molecule has 0 spiro atoms. The number of amides is 2. The minimum atomic E-state index is -4.21. The van der Waals surface area contributed by atoms with Crippen molar-refractivity contribution in [2.24, 2.45) is 10.9 Å². The molecular formula is C25H32N4O7S. The first-order valence-electron chi connectivity index (χ1n) is 11.9. The van der Waals surface area contributed by atoms with E-state index >= 15 is 0 Å². The van der Waals surface area contributed by atoms with Gasteiger partial charge in [0.2, 0.25) is 11.9 Å². The Kier molecular flexibility index (Phi) is 10.3. The number of hydrogen-bond donors (Lipinski definition) is 3. The second kappa shape index (κ2) is 13.6. The van der Waals surface area contributed by atoms with Crippen LogP contribution in [-0.2, 0) is 24.4 Å². The summed E-state index contributed by atoms with van der Waals surface area (Å²) in [5, 5.41) is 8.10. The summed E-state index contributed by atoms with van der Waals surface area (Å²) in [6.07, 6.45) is 4.95. The molecule has 2 aromatic rings. The molecule has 37 heavy (non-hydrogen) atoms. The van der Waals surface area contributed by atoms with Crippen molar-refractivity contribution in [2.45, 2.75) is 37.0 Å². The van der Waals surface area contributed by atoms with E-state index in [1.54, 1.807) is 24.3 Å². The molecule has 3 rings (SSSR count). The maximum atomic E-state index is 12.9. The SMILES string of the molecule is COCC(=O)Nc1ccc(NC(=NCC2CCCCC2)NC(=O)OC)cc1OS(=O)(=O)c1ccccc1. The molecule has 0 atom stereocenters. The summed E-state index contributed by atoms with van der Waals surface area (Å²) >= 11 is 0. The molecule has 1 saturated carbocycles. The Balaban J connectivity index is 1.89. The van der Waals surface area contributed by atoms with Gasteiger partial charge in [0.05, 0.1) is 12.8 Å². The smallest absolute Gasteiger partial charge is 0.413 e. The zero-order chi connectivity index (χ0) is 26.7. The van der Waals surface area contributed by atoms with Gasteiger partial charge in [-0.15, -0.1) is 0 Å². The van der Waals surface area contributed by atoms with E-state index in [1.807, 2.05) is 0 Å². The van der Waals surface area contributed by atoms with Gasteiger partial charge in [-0.3, -0.25) is 15.1 Å². The molecule has 0 radical (unpaired) electrons. The third kappa shape index (κ3) is 8.76. The predicted molar refractivity (Wildman–Crippen MR) is 139 cm³/mol. The number of hydrogen-bond acceptors (Lipinski definition) is 8. The molecule has 1 fully saturated rings. The Morgan fingerprint density at radius 2 is 1.73 bits per heavy atom. The fraction of sp³-hybridized carbons (Fsp3) is 0.400. The van der Waals surface area contributed by atoms with E-state index < -0.39 is 22.1 Å². The quantitative estimate of drug-likeness (QED) is 0.252. The molecule has 11 nitrogen and oxygen atoms in total. The van der Waals surface area contributed by atoms with Crippen LogP contribution in [0.2, 0.25) is 0 Å². The summed E-state index contributed by atoms with van der Waals surface area (Å²) in [4.78, 5) is 28.5. The van der Waals surface area contributed by atoms with Crippen LogP contribution in [0.3, 0.4) is 0 Å². The van der Waals surface area contributed by atoms with E-state index in [-0.39, 0.29) is 28.9 Å². The molecule has 3 N–H and O–H groups in total. The fourth-order valence-electron chi connectivity index (χ4n) is 3.83. The molecule has 0 heterocycles. The number of benzene rings is 2. The number of alkyl carbamates (subject to hydrolysis) is 1. The van der Waals surface area contributed by atoms with Crippen LogP contribution in [0.1, 0.15) is 32.1 Å². The third-order valence-electron chi connectivity index (χ3n) is 5.66. The molecule has 12 heteroatoms. The van der Waals surface area contributed by atoms with E-state index in [1.165, 1.54) is 44.9 Å². The van der Waals surface area contributed by atoms with Gasteiger partial charge in [-0.25, -0.2) is 4.79 Å². The molecular weight excluding hydrogens is 500 g/mol. The van der Waals surface area contributed by atoms with Crippen molar-refractivity contribution in [2.75, 3.05) is 38.0 Å². The first-order chi connectivity index (χ1) is 17.8. The van der Waals surface area contributed by atoms with Crippen molar-refractivity contribution in [1.29, 1.82) is 0 Å². The molecule has 0 unspecified atom stereocenters. The van der Waals surface area contributed by atoms with E-state index in [0.717, 1.165) is 25.7 Å². The van der Waals surface area contributed by atoms with Crippen LogP contribution in [0.15, 0.2) is 58.4 Å². The van der Waals surface area contributed by atoms with Gasteiger partial charge in [-0.05, 0) is 43.0 Å². The third-order valence-corrected chi connectivity index (χ3v) is 6.91. The van der Waals surface area contributed by atoms with Crippen LogP contribution in [0.5, 0.6) is 5.75 Å². The largest absolute Gasteiger partial charge is 0.453 e. The molecule has 1 aliphatic carbocycles. The predicted octanol–water partition coefficient (Wildman–Crippen LogP) is 3.74. The summed E-state index contributed by atoms with van der Waals surface area (Å²) in [5.74, 6) is -0.0704. The summed E-state index contributed by atoms with van der Waals surface area (Å²) in [7, 11) is -1.60. The first kappa shape index (κ1) is 27.9. The molecule has 2 amide bonds. The summed E-state index contributed by atoms with van der Waals surface area (Å²) in [5.41, 5.74) is 0.482. The number of anilines is 2. The van der Waals surface area contributed by atoms with Crippen molar-refractivity contribution >= 4 is 39.5 Å². The highest BCUT2D eigenvalue weighted by Crippen LogP contribution is 2.31. The highest BCUT2D eigenvalue weighted by atomic mass is 32.2. The number of carbonyl (C=O) groups excluding carboxylic acids is 2. The maximum Gasteiger partial charge on any atom is 0.413 e. The standard InChI is InChI=1S/C25H32N4O7S/c1-34-17-23(30)28-21-14-13-19(15-22(21)36-37(32,33)20-11-7-4-8-12-20)27-24(29-25(31)35-2)26-16-18-9-5-3-6-10-18/h4,7-8,11-15,18H,3,5-6,9-10,16-17H2,1-2H3,(H,28,30)(H2,26,27,29,31). The minimum Gasteiger partial charge on any atom is -0.453 e. The molecule has 0 aromatic heterocycles. The van der Waals surface area contributed by atoms with Gasteiger partial charge in [0.25, 0.3) is 0 Å². The van der Waals surface area contributed by atoms with Gasteiger partial charge in [-0.2, -0.15) is 8.42 Å². The van der Waals surface area contributed by atoms with Crippen molar-refractivity contribution < 1.29 is 31.7 Å². The highest BCUT2D eigenvalue weighted by Gasteiger charge is 2.20. The second-order valence-corrected chi connectivity index (χ2v) is 10.0. The lowest BCUT2D eigenvalue weighted by Crippen LogP contribution is -2.36. The number of carbonyl (C=O) groups is 2. The van der Waals surface area contributed by atoms with Gasteiger partial charge in [0.15, 0.2) is 5.75 Å². The lowest BCUT2D eigenvalue weighted by molar-refractivity contribution is -0.119. The van der Waals surface area contributed by atoms with Crippen molar-refractivity contribution in [1.82, 2.24) is 5.32 Å². The number of guanidine groups is 1. The maximum absolute atomic E-state index is 12.9. The van der Waals surface area contributed by atoms with Gasteiger partial charge in [0, 0.05) is 25.4 Å². The second-order valence-electron chi connectivity index (χ2n) is 8.48. The van der Waals surface area contributed by atoms with Gasteiger partial charge in [0.1, 0.15) is 11.5 Å². The summed E-state index contributed by atoms with van der Waals surface area (Å²) in [6, 6.07) is 12.1. The summed E-state index contributed by atoms with van der Waals surface area (Å²) in [6.45, 7) is 0.287. The van der Waals surface area contributed by atoms with Crippen LogP contribution in [0.4, 0.5) is 16.2 Å². The van der Waals surface area contributed by atoms with Crippen molar-refractivity contribution in [3.05, 3.63) is 48.5 Å². The Hall–Kier alpha value is -3.64. The van der Waals surface area contributed by atoms with Crippen molar-refractivity contribution in [3.8, 4) is 5.75 Å². The van der Waals surface area contributed by atoms with Crippen LogP contribution in [0.25, 0.3) is 0 Å². The number of nitrogens with one attached hydrogen (secondary N) is 3. The zero-order valence-electron chi connectivity index (χ0n) is 20.9. The van der Waals surface area contributed by atoms with Crippen LogP contribution in [-0.4, -0.2) is 53.7 Å². The minimum absolute atomic E-state index is 0.0513. The number of ether oxygens (including phenoxy) is 2. The van der Waals surface area contributed by atoms with Crippen molar-refractivity contribution in [3.63, 3.8) is 0 Å². The number of nitrogens with zero attached hydrogens (tertiary/aromatic N) is 1. The lowest BCUT2D eigenvalue weighted by Gasteiger charge is -2.20. The first-order valence-corrected chi connectivity index (χ1v) is 13.3. The molecule has 0 aliphatic heterocycles. The average molecular weight is 533 g/mol. The van der Waals surface area contributed by atoms with Crippen LogP contribution < -0.4 is 20.1 Å². The van der Waals surface area contributed by atoms with E-state index in [4.69, 9.17) is 13.7 Å². The monoisotopic (exact) mass is 532 g/mol. The van der Waals surface area contributed by atoms with Gasteiger partial charge >= 0.3 is 16.2 Å². The van der Waals surface area contributed by atoms with Crippen LogP contribution in [0, 0.1) is 5.92 Å². The van der Waals surface area contributed by atoms with E-state index in [2.05, 4.69) is 20.9 Å². The molecule has 200 valence electrons. The average Bonchev–Trinajstić information content (AvgIpc) is 2.89. The van der Waals surface area contributed by atoms with Gasteiger partial charge in [-0.1, -0.05) is 37.5 Å². The molecule has 0 bridgehead atoms. The lowest BCUT2D eigenvalue weighted by atomic mass is 9.89. The zero-order valence-corrected chi connectivity index (χ0v) is 21.7. The Bertz CT molecular complexity index is 1200. The topological polar surface area (TPSA) is 144 Å². The molecule has 0 saturated heterocycles. The molecule has 1 aliphatic rings. The van der Waals surface area contributed by atoms with E-state index in [0.29, 0.717) is 18.2 Å². The highest BCUT2D eigenvalue weighted by molar-refractivity contribution is 7.87. The summed E-state index contributed by atoms with van der Waals surface area (Å²) < 4.78 is 40.7. The van der Waals surface area contributed by atoms with E-state index in [9.17, 15) is 18.0 Å². The normalized spacial score (nSPS) is 14.5. The van der Waals surface area contributed by atoms with Gasteiger partial charge < -0.3 is 24.3 Å². The molecule has 2 aromatic carbocycles. The Labute approximate surface area is 216 Å². The fourth-order valence-corrected chi connectivity index (χ4v) is 4.79. The Morgan fingerprint density at radius 1 is 1.00 bits per heavy atom.